The molecule has 2 aromatic heterocycles. The summed E-state index contributed by atoms with van der Waals surface area (Å²) in [5.41, 5.74) is 15.2. The second-order valence-electron chi connectivity index (χ2n) is 15.4. The Labute approximate surface area is 309 Å². The molecule has 2 atom stereocenters. The monoisotopic (exact) mass is 678 g/mol. The van der Waals surface area contributed by atoms with Crippen molar-refractivity contribution < 1.29 is 0 Å². The smallest absolute Gasteiger partial charge is 0.0541 e. The van der Waals surface area contributed by atoms with E-state index >= 15 is 0 Å². The van der Waals surface area contributed by atoms with Gasteiger partial charge in [0.15, 0.2) is 0 Å². The van der Waals surface area contributed by atoms with Crippen molar-refractivity contribution in [2.75, 3.05) is 0 Å². The molecule has 7 aromatic carbocycles. The Kier molecular flexibility index (Phi) is 6.46. The number of nitrogens with zero attached hydrogens (tertiary/aromatic N) is 2. The van der Waals surface area contributed by atoms with Crippen LogP contribution < -0.4 is 0 Å². The first-order valence-electron chi connectivity index (χ1n) is 18.8. The number of rotatable bonds is 4. The second kappa shape index (κ2) is 11.3. The van der Waals surface area contributed by atoms with Crippen LogP contribution >= 0.6 is 0 Å². The third-order valence-corrected chi connectivity index (χ3v) is 12.2. The van der Waals surface area contributed by atoms with E-state index in [1.165, 1.54) is 88.4 Å². The molecular formula is C51H38N2. The lowest BCUT2D eigenvalue weighted by atomic mass is 9.74. The summed E-state index contributed by atoms with van der Waals surface area (Å²) in [7, 11) is 0. The summed E-state index contributed by atoms with van der Waals surface area (Å²) >= 11 is 0. The Hall–Kier alpha value is -6.38. The molecule has 0 bridgehead atoms. The summed E-state index contributed by atoms with van der Waals surface area (Å²) in [5.74, 6) is 0.938. The van der Waals surface area contributed by atoms with Crippen molar-refractivity contribution in [1.82, 2.24) is 9.13 Å². The van der Waals surface area contributed by atoms with E-state index in [1.54, 1.807) is 0 Å². The van der Waals surface area contributed by atoms with Crippen LogP contribution in [0.15, 0.2) is 182 Å². The first-order chi connectivity index (χ1) is 26.1. The summed E-state index contributed by atoms with van der Waals surface area (Å²) in [5, 5.41) is 5.07. The minimum Gasteiger partial charge on any atom is -0.309 e. The zero-order chi connectivity index (χ0) is 35.3. The van der Waals surface area contributed by atoms with Gasteiger partial charge in [0.25, 0.3) is 0 Å². The summed E-state index contributed by atoms with van der Waals surface area (Å²) in [6.45, 7) is 4.83. The minimum absolute atomic E-state index is 0.0641. The van der Waals surface area contributed by atoms with Crippen LogP contribution in [0, 0.1) is 5.92 Å². The van der Waals surface area contributed by atoms with Gasteiger partial charge in [-0.2, -0.15) is 0 Å². The highest BCUT2D eigenvalue weighted by atomic mass is 15.0. The van der Waals surface area contributed by atoms with E-state index in [9.17, 15) is 0 Å². The van der Waals surface area contributed by atoms with E-state index in [2.05, 4.69) is 205 Å². The molecular weight excluding hydrogens is 641 g/mol. The Morgan fingerprint density at radius 3 is 1.77 bits per heavy atom. The summed E-state index contributed by atoms with van der Waals surface area (Å²) < 4.78 is 4.91. The van der Waals surface area contributed by atoms with E-state index in [4.69, 9.17) is 0 Å². The molecule has 0 saturated carbocycles. The molecule has 53 heavy (non-hydrogen) atoms. The summed E-state index contributed by atoms with van der Waals surface area (Å²) in [6, 6.07) is 58.4. The zero-order valence-electron chi connectivity index (χ0n) is 29.9. The number of hydrogen-bond acceptors (Lipinski definition) is 0. The van der Waals surface area contributed by atoms with Crippen LogP contribution in [0.2, 0.25) is 0 Å². The fourth-order valence-corrected chi connectivity index (χ4v) is 9.68. The van der Waals surface area contributed by atoms with Crippen molar-refractivity contribution in [3.05, 3.63) is 193 Å². The zero-order valence-corrected chi connectivity index (χ0v) is 29.9. The highest BCUT2D eigenvalue weighted by molar-refractivity contribution is 6.13. The van der Waals surface area contributed by atoms with Gasteiger partial charge in [0.2, 0.25) is 0 Å². The van der Waals surface area contributed by atoms with Gasteiger partial charge in [-0.25, -0.2) is 0 Å². The first kappa shape index (κ1) is 30.3. The van der Waals surface area contributed by atoms with Crippen LogP contribution in [0.25, 0.3) is 77.2 Å². The molecule has 2 aliphatic rings. The molecule has 2 heterocycles. The minimum atomic E-state index is 0.0641. The maximum Gasteiger partial charge on any atom is 0.0541 e. The van der Waals surface area contributed by atoms with Crippen LogP contribution in [0.3, 0.4) is 0 Å². The van der Waals surface area contributed by atoms with Crippen LogP contribution in [0.5, 0.6) is 0 Å². The number of benzene rings is 7. The molecule has 0 N–H and O–H groups in total. The standard InChI is InChI=1S/C51H38N2/c1-51(2)44-20-10-6-17-38(44)39-27-26-36(32-45(39)51)52-47-22-12-8-18-40(47)42-30-34(24-28-49(42)52)35-25-29-50-43(31-35)41-19-9-13-23-48(41)53(50)46-21-11-7-16-37(46)33-14-4-3-5-15-33/h3-32,38,44H,1-2H3. The van der Waals surface area contributed by atoms with Crippen LogP contribution in [0.1, 0.15) is 30.9 Å². The highest BCUT2D eigenvalue weighted by Gasteiger charge is 2.44. The fourth-order valence-electron chi connectivity index (χ4n) is 9.68. The van der Waals surface area contributed by atoms with Crippen LogP contribution in [0.4, 0.5) is 0 Å². The summed E-state index contributed by atoms with van der Waals surface area (Å²) in [4.78, 5) is 0. The number of hydrogen-bond donors (Lipinski definition) is 0. The second-order valence-corrected chi connectivity index (χ2v) is 15.4. The molecule has 0 saturated heterocycles. The van der Waals surface area contributed by atoms with E-state index in [0.717, 1.165) is 0 Å². The maximum absolute atomic E-state index is 2.47. The molecule has 0 aliphatic heterocycles. The average molecular weight is 679 g/mol. The largest absolute Gasteiger partial charge is 0.309 e. The van der Waals surface area contributed by atoms with Crippen molar-refractivity contribution in [2.45, 2.75) is 25.2 Å². The lowest BCUT2D eigenvalue weighted by Gasteiger charge is -2.29. The third kappa shape index (κ3) is 4.39. The number of fused-ring (bicyclic) bond motifs is 9. The van der Waals surface area contributed by atoms with Crippen LogP contribution in [-0.4, -0.2) is 9.13 Å². The first-order valence-corrected chi connectivity index (χ1v) is 18.8. The normalized spacial score (nSPS) is 17.2. The number of para-hydroxylation sites is 3. The molecule has 2 aliphatic carbocycles. The van der Waals surface area contributed by atoms with E-state index in [-0.39, 0.29) is 5.41 Å². The quantitative estimate of drug-likeness (QED) is 0.175. The van der Waals surface area contributed by atoms with Crippen LogP contribution in [-0.2, 0) is 5.41 Å². The average Bonchev–Trinajstić information content (AvgIpc) is 3.80. The van der Waals surface area contributed by atoms with Crippen molar-refractivity contribution in [1.29, 1.82) is 0 Å². The molecule has 2 nitrogen and oxygen atoms in total. The van der Waals surface area contributed by atoms with Gasteiger partial charge < -0.3 is 9.13 Å². The maximum atomic E-state index is 2.47. The molecule has 11 rings (SSSR count). The lowest BCUT2D eigenvalue weighted by Crippen LogP contribution is -2.24. The molecule has 0 fully saturated rings. The van der Waals surface area contributed by atoms with Gasteiger partial charge in [-0.15, -0.1) is 0 Å². The van der Waals surface area contributed by atoms with Gasteiger partial charge in [-0.1, -0.05) is 141 Å². The molecule has 0 radical (unpaired) electrons. The van der Waals surface area contributed by atoms with Crippen molar-refractivity contribution in [3.8, 4) is 33.6 Å². The molecule has 9 aromatic rings. The van der Waals surface area contributed by atoms with Crippen molar-refractivity contribution in [2.24, 2.45) is 5.92 Å². The number of aromatic nitrogens is 2. The molecule has 2 heteroatoms. The SMILES string of the molecule is CC1(C)c2cc(-n3c4ccccc4c4cc(-c5ccc6c(c5)c5ccccc5n6-c5ccccc5-c5ccccc5)ccc43)ccc2C2C=CC=CC21. The Balaban J connectivity index is 1.07. The Morgan fingerprint density at radius 1 is 0.453 bits per heavy atom. The third-order valence-electron chi connectivity index (χ3n) is 12.2. The van der Waals surface area contributed by atoms with E-state index < -0.39 is 0 Å². The van der Waals surface area contributed by atoms with Gasteiger partial charge in [0, 0.05) is 38.7 Å². The van der Waals surface area contributed by atoms with Gasteiger partial charge in [-0.3, -0.25) is 0 Å². The molecule has 0 amide bonds. The highest BCUT2D eigenvalue weighted by Crippen LogP contribution is 2.53. The lowest BCUT2D eigenvalue weighted by molar-refractivity contribution is 0.394. The predicted molar refractivity (Wildman–Crippen MR) is 224 cm³/mol. The predicted octanol–water partition coefficient (Wildman–Crippen LogP) is 13.3. The molecule has 2 unspecified atom stereocenters. The Bertz CT molecular complexity index is 2980. The topological polar surface area (TPSA) is 9.86 Å². The fraction of sp³-hybridized carbons (Fsp3) is 0.0980. The van der Waals surface area contributed by atoms with E-state index in [0.29, 0.717) is 11.8 Å². The van der Waals surface area contributed by atoms with E-state index in [1.807, 2.05) is 0 Å². The Morgan fingerprint density at radius 2 is 1.04 bits per heavy atom. The van der Waals surface area contributed by atoms with Gasteiger partial charge in [-0.05, 0) is 93.7 Å². The van der Waals surface area contributed by atoms with Crippen molar-refractivity contribution >= 4 is 43.6 Å². The summed E-state index contributed by atoms with van der Waals surface area (Å²) in [6.07, 6.45) is 9.23. The van der Waals surface area contributed by atoms with Gasteiger partial charge in [0.1, 0.15) is 0 Å². The molecule has 0 spiro atoms. The van der Waals surface area contributed by atoms with Gasteiger partial charge in [0.05, 0.1) is 27.8 Å². The molecule has 252 valence electrons. The van der Waals surface area contributed by atoms with Gasteiger partial charge >= 0.3 is 0 Å². The van der Waals surface area contributed by atoms with Crippen molar-refractivity contribution in [3.63, 3.8) is 0 Å². The number of allylic oxidation sites excluding steroid dienone is 4.